The predicted molar refractivity (Wildman–Crippen MR) is 95.2 cm³/mol. The van der Waals surface area contributed by atoms with Gasteiger partial charge in [-0.2, -0.15) is 10.2 Å². The van der Waals surface area contributed by atoms with Crippen molar-refractivity contribution < 1.29 is 14.3 Å². The second kappa shape index (κ2) is 7.64. The van der Waals surface area contributed by atoms with Crippen LogP contribution in [0.25, 0.3) is 0 Å². The van der Waals surface area contributed by atoms with Crippen LogP contribution in [0.15, 0.2) is 48.8 Å². The van der Waals surface area contributed by atoms with Crippen LogP contribution in [0.3, 0.4) is 0 Å². The Hall–Kier alpha value is -3.42. The minimum absolute atomic E-state index is 0.00706. The summed E-state index contributed by atoms with van der Waals surface area (Å²) >= 11 is 0. The highest BCUT2D eigenvalue weighted by Gasteiger charge is 2.12. The standard InChI is InChI=1S/C18H19N5O3/c1-13(24)15-8-10-22(21-15)12-18(25)20-17-7-9-19-23(17)11-14-5-3-4-6-16(14)26-2/h3-10H,11-12H2,1-2H3,(H,20,25). The molecule has 0 radical (unpaired) electrons. The third-order valence-corrected chi connectivity index (χ3v) is 3.80. The second-order valence-electron chi connectivity index (χ2n) is 5.69. The summed E-state index contributed by atoms with van der Waals surface area (Å²) in [7, 11) is 1.62. The van der Waals surface area contributed by atoms with Crippen LogP contribution in [0.5, 0.6) is 5.75 Å². The van der Waals surface area contributed by atoms with Crippen LogP contribution in [0, 0.1) is 0 Å². The minimum Gasteiger partial charge on any atom is -0.496 e. The maximum Gasteiger partial charge on any atom is 0.247 e. The number of methoxy groups -OCH3 is 1. The fraction of sp³-hybridized carbons (Fsp3) is 0.222. The molecule has 0 saturated heterocycles. The van der Waals surface area contributed by atoms with Gasteiger partial charge in [-0.3, -0.25) is 14.3 Å². The summed E-state index contributed by atoms with van der Waals surface area (Å²) in [5.74, 6) is 0.928. The average Bonchev–Trinajstić information content (AvgIpc) is 3.25. The monoisotopic (exact) mass is 353 g/mol. The van der Waals surface area contributed by atoms with E-state index in [0.717, 1.165) is 11.3 Å². The first-order chi connectivity index (χ1) is 12.6. The number of anilines is 1. The molecule has 3 rings (SSSR count). The van der Waals surface area contributed by atoms with Crippen molar-refractivity contribution >= 4 is 17.5 Å². The highest BCUT2D eigenvalue weighted by atomic mass is 16.5. The highest BCUT2D eigenvalue weighted by molar-refractivity contribution is 5.92. The lowest BCUT2D eigenvalue weighted by atomic mass is 10.2. The zero-order valence-corrected chi connectivity index (χ0v) is 14.5. The Morgan fingerprint density at radius 1 is 1.19 bits per heavy atom. The molecule has 134 valence electrons. The largest absolute Gasteiger partial charge is 0.496 e. The molecule has 8 heteroatoms. The first kappa shape index (κ1) is 17.4. The number of para-hydroxylation sites is 1. The number of hydrogen-bond donors (Lipinski definition) is 1. The van der Waals surface area contributed by atoms with Gasteiger partial charge in [0.1, 0.15) is 23.8 Å². The molecule has 0 aliphatic rings. The van der Waals surface area contributed by atoms with Crippen LogP contribution in [0.2, 0.25) is 0 Å². The second-order valence-corrected chi connectivity index (χ2v) is 5.69. The quantitative estimate of drug-likeness (QED) is 0.656. The molecule has 1 amide bonds. The van der Waals surface area contributed by atoms with Crippen molar-refractivity contribution in [1.29, 1.82) is 0 Å². The van der Waals surface area contributed by atoms with Crippen molar-refractivity contribution in [2.75, 3.05) is 12.4 Å². The van der Waals surface area contributed by atoms with Crippen LogP contribution in [-0.4, -0.2) is 38.4 Å². The Morgan fingerprint density at radius 3 is 2.73 bits per heavy atom. The van der Waals surface area contributed by atoms with Gasteiger partial charge in [0.25, 0.3) is 0 Å². The molecular formula is C18H19N5O3. The van der Waals surface area contributed by atoms with Crippen molar-refractivity contribution in [3.8, 4) is 5.75 Å². The molecule has 0 atom stereocenters. The summed E-state index contributed by atoms with van der Waals surface area (Å²) < 4.78 is 8.45. The number of amides is 1. The summed E-state index contributed by atoms with van der Waals surface area (Å²) in [5, 5.41) is 11.1. The number of nitrogens with zero attached hydrogens (tertiary/aromatic N) is 4. The Morgan fingerprint density at radius 2 is 2.00 bits per heavy atom. The number of nitrogens with one attached hydrogen (secondary N) is 1. The molecule has 2 aromatic heterocycles. The van der Waals surface area contributed by atoms with Gasteiger partial charge in [0.05, 0.1) is 19.9 Å². The number of hydrogen-bond acceptors (Lipinski definition) is 5. The van der Waals surface area contributed by atoms with Crippen LogP contribution in [0.4, 0.5) is 5.82 Å². The summed E-state index contributed by atoms with van der Waals surface area (Å²) in [6, 6.07) is 10.9. The smallest absolute Gasteiger partial charge is 0.247 e. The lowest BCUT2D eigenvalue weighted by Crippen LogP contribution is -2.21. The van der Waals surface area contributed by atoms with E-state index in [9.17, 15) is 9.59 Å². The number of ether oxygens (including phenoxy) is 1. The Labute approximate surface area is 150 Å². The lowest BCUT2D eigenvalue weighted by molar-refractivity contribution is -0.117. The third kappa shape index (κ3) is 3.97. The molecule has 0 aliphatic heterocycles. The van der Waals surface area contributed by atoms with Crippen LogP contribution in [0.1, 0.15) is 23.0 Å². The molecule has 1 N–H and O–H groups in total. The van der Waals surface area contributed by atoms with Gasteiger partial charge >= 0.3 is 0 Å². The van der Waals surface area contributed by atoms with Crippen molar-refractivity contribution in [3.05, 3.63) is 60.0 Å². The van der Waals surface area contributed by atoms with E-state index in [1.165, 1.54) is 11.6 Å². The van der Waals surface area contributed by atoms with Crippen molar-refractivity contribution in [2.24, 2.45) is 0 Å². The molecule has 8 nitrogen and oxygen atoms in total. The van der Waals surface area contributed by atoms with E-state index in [-0.39, 0.29) is 18.2 Å². The predicted octanol–water partition coefficient (Wildman–Crippen LogP) is 1.98. The number of carbonyl (C=O) groups excluding carboxylic acids is 2. The van der Waals surface area contributed by atoms with Gasteiger partial charge in [-0.25, -0.2) is 4.68 Å². The highest BCUT2D eigenvalue weighted by Crippen LogP contribution is 2.20. The Kier molecular flexibility index (Phi) is 5.12. The van der Waals surface area contributed by atoms with Gasteiger partial charge in [0.2, 0.25) is 5.91 Å². The average molecular weight is 353 g/mol. The lowest BCUT2D eigenvalue weighted by Gasteiger charge is -2.11. The number of rotatable bonds is 7. The summed E-state index contributed by atoms with van der Waals surface area (Å²) in [6.45, 7) is 1.90. The zero-order chi connectivity index (χ0) is 18.5. The van der Waals surface area contributed by atoms with E-state index in [0.29, 0.717) is 18.1 Å². The van der Waals surface area contributed by atoms with Crippen molar-refractivity contribution in [1.82, 2.24) is 19.6 Å². The molecule has 0 aliphatic carbocycles. The molecule has 0 fully saturated rings. The number of carbonyl (C=O) groups is 2. The van der Waals surface area contributed by atoms with Crippen LogP contribution >= 0.6 is 0 Å². The molecule has 1 aromatic carbocycles. The summed E-state index contributed by atoms with van der Waals surface area (Å²) in [5.41, 5.74) is 1.28. The number of Topliss-reactive ketones (excluding diaryl/α,β-unsaturated/α-hetero) is 1. The van der Waals surface area contributed by atoms with Gasteiger partial charge in [0, 0.05) is 24.8 Å². The van der Waals surface area contributed by atoms with E-state index in [4.69, 9.17) is 4.74 Å². The van der Waals surface area contributed by atoms with Gasteiger partial charge in [0.15, 0.2) is 5.78 Å². The van der Waals surface area contributed by atoms with Gasteiger partial charge in [-0.05, 0) is 12.1 Å². The number of benzene rings is 1. The first-order valence-corrected chi connectivity index (χ1v) is 8.05. The molecule has 0 unspecified atom stereocenters. The SMILES string of the molecule is COc1ccccc1Cn1nccc1NC(=O)Cn1ccc(C(C)=O)n1. The molecule has 3 aromatic rings. The van der Waals surface area contributed by atoms with Crippen LogP contribution < -0.4 is 10.1 Å². The number of aromatic nitrogens is 4. The zero-order valence-electron chi connectivity index (χ0n) is 14.5. The topological polar surface area (TPSA) is 91.0 Å². The third-order valence-electron chi connectivity index (χ3n) is 3.80. The summed E-state index contributed by atoms with van der Waals surface area (Å²) in [4.78, 5) is 23.5. The molecule has 0 bridgehead atoms. The fourth-order valence-corrected chi connectivity index (χ4v) is 2.53. The maximum atomic E-state index is 12.3. The summed E-state index contributed by atoms with van der Waals surface area (Å²) in [6.07, 6.45) is 3.22. The van der Waals surface area contributed by atoms with E-state index >= 15 is 0 Å². The molecule has 0 spiro atoms. The van der Waals surface area contributed by atoms with Gasteiger partial charge < -0.3 is 10.1 Å². The van der Waals surface area contributed by atoms with Gasteiger partial charge in [-0.15, -0.1) is 0 Å². The van der Waals surface area contributed by atoms with Gasteiger partial charge in [-0.1, -0.05) is 18.2 Å². The molecular weight excluding hydrogens is 334 g/mol. The maximum absolute atomic E-state index is 12.3. The van der Waals surface area contributed by atoms with E-state index in [1.807, 2.05) is 24.3 Å². The van der Waals surface area contributed by atoms with E-state index in [1.54, 1.807) is 36.3 Å². The van der Waals surface area contributed by atoms with Crippen molar-refractivity contribution in [2.45, 2.75) is 20.0 Å². The molecule has 0 saturated carbocycles. The van der Waals surface area contributed by atoms with Crippen molar-refractivity contribution in [3.63, 3.8) is 0 Å². The fourth-order valence-electron chi connectivity index (χ4n) is 2.53. The number of ketones is 1. The van der Waals surface area contributed by atoms with E-state index < -0.39 is 0 Å². The molecule has 2 heterocycles. The normalized spacial score (nSPS) is 10.5. The molecule has 26 heavy (non-hydrogen) atoms. The minimum atomic E-state index is -0.259. The first-order valence-electron chi connectivity index (χ1n) is 8.05. The van der Waals surface area contributed by atoms with Crippen LogP contribution in [-0.2, 0) is 17.9 Å². The Bertz CT molecular complexity index is 928. The van der Waals surface area contributed by atoms with E-state index in [2.05, 4.69) is 15.5 Å². The Balaban J connectivity index is 1.68.